The van der Waals surface area contributed by atoms with Gasteiger partial charge in [-0.3, -0.25) is 4.79 Å². The molecule has 0 saturated heterocycles. The Morgan fingerprint density at radius 2 is 1.73 bits per heavy atom. The molecule has 0 unspecified atom stereocenters. The van der Waals surface area contributed by atoms with E-state index >= 15 is 0 Å². The van der Waals surface area contributed by atoms with Crippen LogP contribution < -0.4 is 5.32 Å². The summed E-state index contributed by atoms with van der Waals surface area (Å²) in [6.45, 7) is 0. The fourth-order valence-corrected chi connectivity index (χ4v) is 3.62. The van der Waals surface area contributed by atoms with Crippen molar-refractivity contribution < 1.29 is 17.6 Å². The zero-order valence-electron chi connectivity index (χ0n) is 11.4. The fraction of sp³-hybridized carbons (Fsp3) is 0.133. The third kappa shape index (κ3) is 4.05. The second kappa shape index (κ2) is 6.89. The van der Waals surface area contributed by atoms with Crippen LogP contribution in [-0.4, -0.2) is 20.1 Å². The van der Waals surface area contributed by atoms with Gasteiger partial charge in [0.1, 0.15) is 5.82 Å². The first-order valence-corrected chi connectivity index (χ1v) is 8.45. The number of sulfone groups is 1. The smallest absolute Gasteiger partial charge is 0.225 e. The number of carbonyl (C=O) groups excluding carboxylic acids is 1. The number of carbonyl (C=O) groups is 1. The summed E-state index contributed by atoms with van der Waals surface area (Å²) in [5.74, 6) is -1.57. The number of benzene rings is 2. The van der Waals surface area contributed by atoms with Crippen LogP contribution in [0.4, 0.5) is 10.1 Å². The summed E-state index contributed by atoms with van der Waals surface area (Å²) in [5, 5.41) is 2.45. The van der Waals surface area contributed by atoms with Crippen LogP contribution in [0.5, 0.6) is 0 Å². The molecule has 22 heavy (non-hydrogen) atoms. The molecular weight excluding hydrogens is 329 g/mol. The van der Waals surface area contributed by atoms with Crippen LogP contribution in [0.25, 0.3) is 0 Å². The van der Waals surface area contributed by atoms with E-state index in [0.717, 1.165) is 0 Å². The molecule has 0 saturated carbocycles. The van der Waals surface area contributed by atoms with Gasteiger partial charge >= 0.3 is 0 Å². The molecule has 1 amide bonds. The van der Waals surface area contributed by atoms with E-state index in [1.165, 1.54) is 30.3 Å². The van der Waals surface area contributed by atoms with Gasteiger partial charge in [0, 0.05) is 6.42 Å². The van der Waals surface area contributed by atoms with Crippen LogP contribution in [0.15, 0.2) is 53.4 Å². The van der Waals surface area contributed by atoms with E-state index in [1.807, 2.05) is 0 Å². The van der Waals surface area contributed by atoms with E-state index < -0.39 is 27.3 Å². The molecule has 0 aromatic heterocycles. The van der Waals surface area contributed by atoms with Gasteiger partial charge in [-0.25, -0.2) is 12.8 Å². The van der Waals surface area contributed by atoms with Crippen molar-refractivity contribution in [3.8, 4) is 0 Å². The van der Waals surface area contributed by atoms with Gasteiger partial charge in [0.25, 0.3) is 0 Å². The molecule has 0 radical (unpaired) electrons. The lowest BCUT2D eigenvalue weighted by Crippen LogP contribution is -2.18. The highest BCUT2D eigenvalue weighted by molar-refractivity contribution is 7.91. The molecule has 0 spiro atoms. The monoisotopic (exact) mass is 341 g/mol. The van der Waals surface area contributed by atoms with E-state index in [0.29, 0.717) is 0 Å². The zero-order valence-corrected chi connectivity index (χ0v) is 13.0. The summed E-state index contributed by atoms with van der Waals surface area (Å²) in [5.41, 5.74) is 0.0163. The Morgan fingerprint density at radius 1 is 1.09 bits per heavy atom. The predicted molar refractivity (Wildman–Crippen MR) is 83.2 cm³/mol. The number of para-hydroxylation sites is 1. The minimum atomic E-state index is -3.67. The molecule has 2 aromatic carbocycles. The first kappa shape index (κ1) is 16.5. The molecule has 2 rings (SSSR count). The van der Waals surface area contributed by atoms with Gasteiger partial charge in [-0.15, -0.1) is 0 Å². The molecule has 4 nitrogen and oxygen atoms in total. The molecule has 0 aliphatic carbocycles. The zero-order chi connectivity index (χ0) is 16.2. The third-order valence-corrected chi connectivity index (χ3v) is 5.13. The number of halogens is 2. The number of hydrogen-bond acceptors (Lipinski definition) is 3. The van der Waals surface area contributed by atoms with Crippen molar-refractivity contribution in [3.63, 3.8) is 0 Å². The van der Waals surface area contributed by atoms with Crippen LogP contribution in [0.1, 0.15) is 6.42 Å². The molecule has 0 aliphatic heterocycles. The average Bonchev–Trinajstić information content (AvgIpc) is 2.48. The maximum atomic E-state index is 13.4. The van der Waals surface area contributed by atoms with Crippen molar-refractivity contribution in [1.29, 1.82) is 0 Å². The molecule has 116 valence electrons. The van der Waals surface area contributed by atoms with Gasteiger partial charge in [0.15, 0.2) is 9.84 Å². The number of hydrogen-bond donors (Lipinski definition) is 1. The van der Waals surface area contributed by atoms with Crippen molar-refractivity contribution >= 4 is 33.0 Å². The molecular formula is C15H13ClFNO3S. The van der Waals surface area contributed by atoms with Gasteiger partial charge < -0.3 is 5.32 Å². The van der Waals surface area contributed by atoms with E-state index in [1.54, 1.807) is 18.2 Å². The Hall–Kier alpha value is -1.92. The highest BCUT2D eigenvalue weighted by Crippen LogP contribution is 2.22. The summed E-state index contributed by atoms with van der Waals surface area (Å²) >= 11 is 5.85. The highest BCUT2D eigenvalue weighted by Gasteiger charge is 2.19. The van der Waals surface area contributed by atoms with Gasteiger partial charge in [0.2, 0.25) is 5.91 Å². The van der Waals surface area contributed by atoms with Crippen LogP contribution in [0.3, 0.4) is 0 Å². The largest absolute Gasteiger partial charge is 0.324 e. The fourth-order valence-electron chi connectivity index (χ4n) is 1.81. The lowest BCUT2D eigenvalue weighted by molar-refractivity contribution is -0.115. The van der Waals surface area contributed by atoms with Crippen molar-refractivity contribution in [2.24, 2.45) is 0 Å². The average molecular weight is 342 g/mol. The first-order chi connectivity index (χ1) is 10.4. The Bertz CT molecular complexity index is 793. The number of nitrogens with one attached hydrogen (secondary N) is 1. The molecule has 2 aromatic rings. The van der Waals surface area contributed by atoms with Gasteiger partial charge in [-0.2, -0.15) is 0 Å². The van der Waals surface area contributed by atoms with E-state index in [4.69, 9.17) is 11.6 Å². The Kier molecular flexibility index (Phi) is 5.15. The second-order valence-corrected chi connectivity index (χ2v) is 7.01. The summed E-state index contributed by atoms with van der Waals surface area (Å²) < 4.78 is 37.7. The topological polar surface area (TPSA) is 63.2 Å². The molecule has 1 N–H and O–H groups in total. The second-order valence-electron chi connectivity index (χ2n) is 4.53. The van der Waals surface area contributed by atoms with Crippen molar-refractivity contribution in [3.05, 3.63) is 59.4 Å². The van der Waals surface area contributed by atoms with Crippen molar-refractivity contribution in [2.45, 2.75) is 11.3 Å². The quantitative estimate of drug-likeness (QED) is 0.907. The minimum Gasteiger partial charge on any atom is -0.324 e. The highest BCUT2D eigenvalue weighted by atomic mass is 35.5. The molecule has 0 heterocycles. The number of anilines is 1. The SMILES string of the molecule is O=C(CCS(=O)(=O)c1ccccc1Cl)Nc1ccccc1F. The van der Waals surface area contributed by atoms with Crippen molar-refractivity contribution in [2.75, 3.05) is 11.1 Å². The van der Waals surface area contributed by atoms with Crippen LogP contribution in [0, 0.1) is 5.82 Å². The lowest BCUT2D eigenvalue weighted by Gasteiger charge is -2.08. The summed E-state index contributed by atoms with van der Waals surface area (Å²) in [4.78, 5) is 11.7. The van der Waals surface area contributed by atoms with Gasteiger partial charge in [-0.1, -0.05) is 35.9 Å². The standard InChI is InChI=1S/C15H13ClFNO3S/c16-11-5-1-4-8-14(11)22(20,21)10-9-15(19)18-13-7-3-2-6-12(13)17/h1-8H,9-10H2,(H,18,19). The van der Waals surface area contributed by atoms with E-state index in [2.05, 4.69) is 5.32 Å². The van der Waals surface area contributed by atoms with E-state index in [9.17, 15) is 17.6 Å². The first-order valence-electron chi connectivity index (χ1n) is 6.42. The van der Waals surface area contributed by atoms with Crippen LogP contribution in [-0.2, 0) is 14.6 Å². The van der Waals surface area contributed by atoms with E-state index in [-0.39, 0.29) is 22.0 Å². The maximum absolute atomic E-state index is 13.4. The van der Waals surface area contributed by atoms with Gasteiger partial charge in [0.05, 0.1) is 21.4 Å². The molecule has 0 bridgehead atoms. The Labute approximate surface area is 132 Å². The lowest BCUT2D eigenvalue weighted by atomic mass is 10.3. The van der Waals surface area contributed by atoms with Crippen LogP contribution in [0.2, 0.25) is 5.02 Å². The predicted octanol–water partition coefficient (Wildman–Crippen LogP) is 3.28. The summed E-state index contributed by atoms with van der Waals surface area (Å²) in [7, 11) is -3.67. The molecule has 7 heteroatoms. The molecule has 0 aliphatic rings. The minimum absolute atomic E-state index is 0.0163. The number of amides is 1. The Morgan fingerprint density at radius 3 is 2.41 bits per heavy atom. The van der Waals surface area contributed by atoms with Crippen molar-refractivity contribution in [1.82, 2.24) is 0 Å². The number of rotatable bonds is 5. The third-order valence-electron chi connectivity index (χ3n) is 2.92. The molecule has 0 atom stereocenters. The van der Waals surface area contributed by atoms with Crippen LogP contribution >= 0.6 is 11.6 Å². The normalized spacial score (nSPS) is 11.2. The Balaban J connectivity index is 2.02. The molecule has 0 fully saturated rings. The summed E-state index contributed by atoms with van der Waals surface area (Å²) in [6, 6.07) is 11.7. The summed E-state index contributed by atoms with van der Waals surface area (Å²) in [6.07, 6.45) is -0.290. The van der Waals surface area contributed by atoms with Gasteiger partial charge in [-0.05, 0) is 24.3 Å². The maximum Gasteiger partial charge on any atom is 0.225 e.